The predicted molar refractivity (Wildman–Crippen MR) is 255 cm³/mol. The number of aromatic amines is 2. The first-order chi connectivity index (χ1) is 31.0. The SMILES string of the molecule is C=Cc1c(C)c2cc3nc(c(CC(=O)OC)c4nc(cc5[nH]c(cc1[nH]2)c(C)c5CC)C(C)=C4C(=O)NCCN=C(NC(=O)OC(C)(C)C)NC(=O)OC(C)(C)C)[C@@H](CCC(=O)OC)[C@@H]3C. The summed E-state index contributed by atoms with van der Waals surface area (Å²) in [6, 6.07) is 5.95. The van der Waals surface area contributed by atoms with E-state index in [2.05, 4.69) is 57.4 Å². The summed E-state index contributed by atoms with van der Waals surface area (Å²) in [7, 11) is 2.62. The van der Waals surface area contributed by atoms with Crippen LogP contribution in [0.4, 0.5) is 9.59 Å². The van der Waals surface area contributed by atoms with Gasteiger partial charge in [-0.15, -0.1) is 0 Å². The molecule has 354 valence electrons. The number of guanidine groups is 1. The number of hydrogen-bond donors (Lipinski definition) is 5. The van der Waals surface area contributed by atoms with Gasteiger partial charge in [0, 0.05) is 63.7 Å². The number of fused-ring (bicyclic) bond motifs is 8. The molecule has 0 aromatic carbocycles. The standard InChI is InChI=1S/C49H64N8O9/c1-15-29-25(3)33-22-35-27(5)31(17-18-39(58)63-13)42(54-35)32(21-40(59)64-14)43-41(28(6)36(55-43)24-38-30(16-2)26(4)34(53-38)23-37(29)52-33)44(60)50-19-20-51-45(56-46(61)65-48(7,8)9)57-47(62)66-49(10,11)12/h15,22-24,27,31,52-53H,1,16-21H2,2-14H3,(H,50,60)(H2,51,56,57,61,62)/t27-,31-/m0/s1. The number of ether oxygens (including phenoxy) is 4. The number of carbonyl (C=O) groups excluding carboxylic acids is 5. The molecular formula is C49H64N8O9. The number of allylic oxidation sites excluding steroid dienone is 1. The Balaban J connectivity index is 1.73. The third-order valence-corrected chi connectivity index (χ3v) is 11.3. The molecular weight excluding hydrogens is 845 g/mol. The molecule has 2 aliphatic rings. The zero-order valence-corrected chi connectivity index (χ0v) is 40.4. The van der Waals surface area contributed by atoms with E-state index in [-0.39, 0.29) is 49.1 Å². The Morgan fingerprint density at radius 1 is 0.818 bits per heavy atom. The van der Waals surface area contributed by atoms with Crippen molar-refractivity contribution in [1.82, 2.24) is 35.9 Å². The van der Waals surface area contributed by atoms with E-state index in [1.54, 1.807) is 48.5 Å². The van der Waals surface area contributed by atoms with Crippen LogP contribution in [0.2, 0.25) is 0 Å². The first-order valence-electron chi connectivity index (χ1n) is 22.0. The second-order valence-corrected chi connectivity index (χ2v) is 18.3. The number of aliphatic imine (C=N–C) groups is 1. The molecule has 3 aromatic rings. The number of aryl methyl sites for hydroxylation is 3. The Bertz CT molecular complexity index is 2630. The normalized spacial score (nSPS) is 14.8. The Morgan fingerprint density at radius 2 is 1.42 bits per heavy atom. The Morgan fingerprint density at radius 3 is 2.00 bits per heavy atom. The van der Waals surface area contributed by atoms with Crippen molar-refractivity contribution in [2.45, 2.75) is 125 Å². The summed E-state index contributed by atoms with van der Waals surface area (Å²) in [6.45, 7) is 24.1. The Kier molecular flexibility index (Phi) is 15.7. The topological polar surface area (TPSA) is 228 Å². The minimum Gasteiger partial charge on any atom is -0.469 e. The summed E-state index contributed by atoms with van der Waals surface area (Å²) in [4.78, 5) is 88.0. The van der Waals surface area contributed by atoms with Gasteiger partial charge in [0.1, 0.15) is 11.2 Å². The first kappa shape index (κ1) is 50.2. The number of amides is 3. The molecule has 2 atom stereocenters. The maximum Gasteiger partial charge on any atom is 0.414 e. The van der Waals surface area contributed by atoms with Gasteiger partial charge in [0.05, 0.1) is 49.8 Å². The number of nitrogens with zero attached hydrogens (tertiary/aromatic N) is 3. The van der Waals surface area contributed by atoms with Crippen molar-refractivity contribution in [3.8, 4) is 0 Å². The lowest BCUT2D eigenvalue weighted by Gasteiger charge is -2.22. The average molecular weight is 909 g/mol. The van der Waals surface area contributed by atoms with Crippen LogP contribution >= 0.6 is 0 Å². The molecule has 0 saturated heterocycles. The van der Waals surface area contributed by atoms with E-state index in [0.717, 1.165) is 44.3 Å². The van der Waals surface area contributed by atoms with E-state index in [1.165, 1.54) is 14.2 Å². The van der Waals surface area contributed by atoms with Crippen LogP contribution in [-0.2, 0) is 46.2 Å². The third kappa shape index (κ3) is 11.9. The molecule has 17 heteroatoms. The highest BCUT2D eigenvalue weighted by atomic mass is 16.6. The highest BCUT2D eigenvalue weighted by Gasteiger charge is 2.36. The zero-order valence-electron chi connectivity index (χ0n) is 40.4. The molecule has 5 N–H and O–H groups in total. The van der Waals surface area contributed by atoms with Crippen molar-refractivity contribution < 1.29 is 42.9 Å². The van der Waals surface area contributed by atoms with Crippen molar-refractivity contribution >= 4 is 75.3 Å². The molecule has 3 amide bonds. The number of rotatable bonds is 11. The molecule has 3 aromatic heterocycles. The minimum atomic E-state index is -0.863. The summed E-state index contributed by atoms with van der Waals surface area (Å²) >= 11 is 0. The molecule has 5 heterocycles. The van der Waals surface area contributed by atoms with Crippen molar-refractivity contribution in [2.24, 2.45) is 4.99 Å². The largest absolute Gasteiger partial charge is 0.469 e. The quantitative estimate of drug-likeness (QED) is 0.0405. The van der Waals surface area contributed by atoms with Gasteiger partial charge in [-0.2, -0.15) is 0 Å². The summed E-state index contributed by atoms with van der Waals surface area (Å²) in [5, 5.41) is 7.81. The number of H-pyrrole nitrogens is 2. The monoisotopic (exact) mass is 908 g/mol. The maximum absolute atomic E-state index is 14.6. The molecule has 2 aliphatic heterocycles. The number of methoxy groups -OCH3 is 2. The van der Waals surface area contributed by atoms with Gasteiger partial charge in [-0.1, -0.05) is 26.5 Å². The second-order valence-electron chi connectivity index (χ2n) is 18.3. The first-order valence-corrected chi connectivity index (χ1v) is 22.0. The molecule has 0 unspecified atom stereocenters. The second kappa shape index (κ2) is 20.6. The molecule has 17 nitrogen and oxygen atoms in total. The summed E-state index contributed by atoms with van der Waals surface area (Å²) in [5.74, 6) is -2.40. The fourth-order valence-corrected chi connectivity index (χ4v) is 8.04. The molecule has 66 heavy (non-hydrogen) atoms. The molecule has 0 saturated carbocycles. The van der Waals surface area contributed by atoms with Crippen molar-refractivity contribution in [1.29, 1.82) is 0 Å². The highest BCUT2D eigenvalue weighted by Crippen LogP contribution is 2.44. The van der Waals surface area contributed by atoms with Gasteiger partial charge >= 0.3 is 24.1 Å². The van der Waals surface area contributed by atoms with E-state index >= 15 is 0 Å². The van der Waals surface area contributed by atoms with E-state index in [9.17, 15) is 24.0 Å². The maximum atomic E-state index is 14.6. The summed E-state index contributed by atoms with van der Waals surface area (Å²) in [5.41, 5.74) is 8.69. The van der Waals surface area contributed by atoms with Crippen LogP contribution in [0.1, 0.15) is 138 Å². The van der Waals surface area contributed by atoms with Crippen LogP contribution < -0.4 is 16.0 Å². The molecule has 0 fully saturated rings. The molecule has 8 bridgehead atoms. The van der Waals surface area contributed by atoms with Crippen LogP contribution in [0.5, 0.6) is 0 Å². The van der Waals surface area contributed by atoms with Crippen molar-refractivity contribution in [3.05, 3.63) is 75.4 Å². The van der Waals surface area contributed by atoms with Crippen LogP contribution in [0.25, 0.3) is 39.3 Å². The summed E-state index contributed by atoms with van der Waals surface area (Å²) < 4.78 is 21.0. The number of alkyl carbamates (subject to hydrolysis) is 2. The molecule has 0 radical (unpaired) electrons. The molecule has 0 spiro atoms. The van der Waals surface area contributed by atoms with Crippen molar-refractivity contribution in [3.63, 3.8) is 0 Å². The van der Waals surface area contributed by atoms with Crippen LogP contribution in [0.3, 0.4) is 0 Å². The van der Waals surface area contributed by atoms with Crippen LogP contribution in [-0.4, -0.2) is 94.4 Å². The van der Waals surface area contributed by atoms with E-state index in [1.807, 2.05) is 32.1 Å². The van der Waals surface area contributed by atoms with Gasteiger partial charge in [-0.05, 0) is 116 Å². The molecule has 0 aliphatic carbocycles. The third-order valence-electron chi connectivity index (χ3n) is 11.3. The van der Waals surface area contributed by atoms with Crippen molar-refractivity contribution in [2.75, 3.05) is 27.3 Å². The number of hydrogen-bond acceptors (Lipinski definition) is 12. The lowest BCUT2D eigenvalue weighted by molar-refractivity contribution is -0.141. The smallest absolute Gasteiger partial charge is 0.414 e. The highest BCUT2D eigenvalue weighted by molar-refractivity contribution is 6.27. The van der Waals surface area contributed by atoms with Gasteiger partial charge in [0.25, 0.3) is 5.91 Å². The lowest BCUT2D eigenvalue weighted by Crippen LogP contribution is -2.47. The summed E-state index contributed by atoms with van der Waals surface area (Å²) in [6.07, 6.45) is 0.917. The predicted octanol–water partition coefficient (Wildman–Crippen LogP) is 8.15. The van der Waals surface area contributed by atoms with E-state index in [0.29, 0.717) is 41.1 Å². The fourth-order valence-electron chi connectivity index (χ4n) is 8.04. The van der Waals surface area contributed by atoms with Crippen LogP contribution in [0, 0.1) is 13.8 Å². The minimum absolute atomic E-state index is 0.0601. The van der Waals surface area contributed by atoms with Gasteiger partial charge in [-0.25, -0.2) is 14.6 Å². The van der Waals surface area contributed by atoms with Gasteiger partial charge < -0.3 is 34.2 Å². The number of nitrogens with one attached hydrogen (secondary N) is 5. The van der Waals surface area contributed by atoms with Gasteiger partial charge in [0.15, 0.2) is 0 Å². The Hall–Kier alpha value is -6.78. The van der Waals surface area contributed by atoms with Crippen LogP contribution in [0.15, 0.2) is 29.8 Å². The number of carbonyl (C=O) groups is 5. The Labute approximate surface area is 385 Å². The lowest BCUT2D eigenvalue weighted by atomic mass is 9.84. The van der Waals surface area contributed by atoms with Gasteiger partial charge in [0.2, 0.25) is 5.96 Å². The molecule has 5 rings (SSSR count). The number of aromatic nitrogens is 4. The van der Waals surface area contributed by atoms with Gasteiger partial charge in [-0.3, -0.25) is 35.0 Å². The number of esters is 2. The van der Waals surface area contributed by atoms with E-state index in [4.69, 9.17) is 28.9 Å². The average Bonchev–Trinajstić information content (AvgIpc) is 3.91. The zero-order chi connectivity index (χ0) is 48.8. The fraction of sp³-hybridized carbons (Fsp3) is 0.469. The van der Waals surface area contributed by atoms with E-state index < -0.39 is 47.2 Å².